The van der Waals surface area contributed by atoms with Gasteiger partial charge in [-0.3, -0.25) is 37.1 Å². The van der Waals surface area contributed by atoms with Crippen LogP contribution in [0.1, 0.15) is 12.5 Å². The summed E-state index contributed by atoms with van der Waals surface area (Å²) >= 11 is 0. The molecule has 2 aliphatic rings. The maximum absolute atomic E-state index is 12.6. The number of nitrogens with one attached hydrogen (secondary N) is 1. The molecule has 30 nitrogen and oxygen atoms in total. The number of phosphoric ester groups is 2. The lowest BCUT2D eigenvalue weighted by Crippen LogP contribution is -2.46. The van der Waals surface area contributed by atoms with Crippen LogP contribution in [-0.4, -0.2) is 130 Å². The number of imidazole rings is 2. The van der Waals surface area contributed by atoms with E-state index in [0.29, 0.717) is 0 Å². The zero-order valence-corrected chi connectivity index (χ0v) is 31.5. The van der Waals surface area contributed by atoms with Crippen molar-refractivity contribution in [2.24, 2.45) is 7.05 Å². The van der Waals surface area contributed by atoms with Gasteiger partial charge in [-0.05, 0) is 0 Å². The summed E-state index contributed by atoms with van der Waals surface area (Å²) in [5.74, 6) is -3.62. The predicted octanol–water partition coefficient (Wildman–Crippen LogP) is -4.54. The van der Waals surface area contributed by atoms with Crippen molar-refractivity contribution in [2.45, 2.75) is 49.1 Å². The molecule has 6 heterocycles. The fraction of sp³-hybridized carbons (Fsp3) is 0.545. The van der Waals surface area contributed by atoms with Gasteiger partial charge >= 0.3 is 36.5 Å². The van der Waals surface area contributed by atoms with Crippen molar-refractivity contribution < 1.29 is 95.1 Å². The van der Waals surface area contributed by atoms with Gasteiger partial charge in [-0.15, -0.1) is 0 Å². The topological polar surface area (TPSA) is 459 Å². The molecule has 6 rings (SSSR count). The molecule has 34 heteroatoms. The Labute approximate surface area is 309 Å². The third-order valence-corrected chi connectivity index (χ3v) is 15.5. The summed E-state index contributed by atoms with van der Waals surface area (Å²) in [6.45, 7) is -2.24. The summed E-state index contributed by atoms with van der Waals surface area (Å²) in [6.07, 6.45) is -11.3. The fourth-order valence-corrected chi connectivity index (χ4v) is 12.5. The summed E-state index contributed by atoms with van der Waals surface area (Å²) in [5.41, 5.74) is 9.76. The minimum Gasteiger partial charge on any atom is -0.856 e. The van der Waals surface area contributed by atoms with E-state index in [1.54, 1.807) is 0 Å². The molecule has 2 fully saturated rings. The Kier molecular flexibility index (Phi) is 11.4. The highest BCUT2D eigenvalue weighted by Crippen LogP contribution is 2.70. The van der Waals surface area contributed by atoms with E-state index in [4.69, 9.17) is 20.9 Å². The molecule has 0 spiro atoms. The number of aliphatic hydroxyl groups is 4. The highest BCUT2D eigenvalue weighted by molar-refractivity contribution is 7.76. The Bertz CT molecular complexity index is 2410. The van der Waals surface area contributed by atoms with Crippen LogP contribution in [0, 0.1) is 0 Å². The van der Waals surface area contributed by atoms with Gasteiger partial charge in [0.1, 0.15) is 36.6 Å². The average molecular weight is 880 g/mol. The van der Waals surface area contributed by atoms with E-state index in [1.165, 1.54) is 17.9 Å². The van der Waals surface area contributed by atoms with Crippen molar-refractivity contribution in [1.82, 2.24) is 34.1 Å². The first-order chi connectivity index (χ1) is 25.9. The number of aryl methyl sites for hydroxylation is 1. The first kappa shape index (κ1) is 42.3. The van der Waals surface area contributed by atoms with Crippen molar-refractivity contribution in [2.75, 3.05) is 30.6 Å². The Balaban J connectivity index is 1.03. The third-order valence-electron chi connectivity index (χ3n) is 8.04. The summed E-state index contributed by atoms with van der Waals surface area (Å²) < 4.78 is 82.0. The molecule has 56 heavy (non-hydrogen) atoms. The number of nitrogens with two attached hydrogens (primary N) is 2. The Morgan fingerprint density at radius 3 is 2.07 bits per heavy atom. The molecule has 0 aromatic carbocycles. The molecule has 4 aromatic rings. The van der Waals surface area contributed by atoms with Gasteiger partial charge in [0.05, 0.1) is 26.6 Å². The lowest BCUT2D eigenvalue weighted by Gasteiger charge is -2.22. The molecule has 12 atom stereocenters. The number of nitrogen functional groups attached to an aromatic ring is 2. The highest BCUT2D eigenvalue weighted by atomic mass is 31.3. The Hall–Kier alpha value is -3.34. The van der Waals surface area contributed by atoms with Crippen molar-refractivity contribution in [1.29, 1.82) is 0 Å². The monoisotopic (exact) mass is 880 g/mol. The second-order valence-electron chi connectivity index (χ2n) is 12.2. The van der Waals surface area contributed by atoms with Crippen molar-refractivity contribution in [3.63, 3.8) is 0 Å². The van der Waals surface area contributed by atoms with Gasteiger partial charge < -0.3 is 66.0 Å². The van der Waals surface area contributed by atoms with Crippen LogP contribution in [0.25, 0.3) is 22.3 Å². The largest absolute Gasteiger partial charge is 0.856 e. The van der Waals surface area contributed by atoms with E-state index in [1.807, 2.05) is 0 Å². The van der Waals surface area contributed by atoms with E-state index >= 15 is 0 Å². The minimum absolute atomic E-state index is 0.0642. The van der Waals surface area contributed by atoms with Gasteiger partial charge in [-0.1, -0.05) is 4.98 Å². The molecule has 0 bridgehead atoms. The zero-order chi connectivity index (χ0) is 41.3. The molecule has 4 unspecified atom stereocenters. The van der Waals surface area contributed by atoms with Crippen LogP contribution in [0.3, 0.4) is 0 Å². The quantitative estimate of drug-likeness (QED) is 0.0420. The average Bonchev–Trinajstić information content (AvgIpc) is 3.77. The number of hydrogen-bond acceptors (Lipinski definition) is 22. The Morgan fingerprint density at radius 2 is 1.46 bits per heavy atom. The smallest absolute Gasteiger partial charge is 0.479 e. The van der Waals surface area contributed by atoms with Crippen LogP contribution in [0.2, 0.25) is 0 Å². The molecule has 2 aliphatic heterocycles. The number of aliphatic hydroxyl groups excluding tert-OH is 4. The van der Waals surface area contributed by atoms with Gasteiger partial charge in [0.15, 0.2) is 35.1 Å². The highest BCUT2D eigenvalue weighted by Gasteiger charge is 2.50. The van der Waals surface area contributed by atoms with Crippen LogP contribution in [0.4, 0.5) is 11.9 Å². The van der Waals surface area contributed by atoms with Crippen LogP contribution >= 0.6 is 30.8 Å². The summed E-state index contributed by atoms with van der Waals surface area (Å²) in [6, 6.07) is 0. The Morgan fingerprint density at radius 1 is 0.893 bits per heavy atom. The maximum Gasteiger partial charge on any atom is 0.479 e. The SMILES string of the molecule is Cn1c[n+]([C@@H]2O[C@H](COP(=O)(O)OP(=O)(O)CP(=O)(O)OP(=O)(O)OC[C@H]3O[C@@H](n4cnc5c(=O)[nH]c(N)nc54)[C@H](O)[C@@H]3O)[C@@H](O)[C@H]2O)c2nc(N)nc([O-])c21. The molecule has 0 aliphatic carbocycles. The fourth-order valence-electron chi connectivity index (χ4n) is 5.72. The molecule has 310 valence electrons. The predicted molar refractivity (Wildman–Crippen MR) is 175 cm³/mol. The van der Waals surface area contributed by atoms with E-state index < -0.39 is 116 Å². The zero-order valence-electron chi connectivity index (χ0n) is 27.9. The first-order valence-corrected chi connectivity index (χ1v) is 21.9. The van der Waals surface area contributed by atoms with E-state index in [0.717, 1.165) is 15.5 Å². The van der Waals surface area contributed by atoms with Crippen molar-refractivity contribution in [3.05, 3.63) is 23.0 Å². The number of aromatic nitrogens is 8. The van der Waals surface area contributed by atoms with Gasteiger partial charge in [-0.25, -0.2) is 32.3 Å². The number of H-pyrrole nitrogens is 1. The number of nitrogens with zero attached hydrogens (tertiary/aromatic N) is 7. The van der Waals surface area contributed by atoms with Gasteiger partial charge in [0.2, 0.25) is 12.2 Å². The van der Waals surface area contributed by atoms with Crippen molar-refractivity contribution >= 4 is 65.1 Å². The second-order valence-corrected chi connectivity index (χ2v) is 19.5. The standard InChI is InChI=1S/C22H32N10O20P4/c1-30-5-32(16-10(30)18(38)29-22(24)27-16)20-14(36)12(34)8(50-20)3-48-56(45,46)52-54(41,42)6-53(39,40)51-55(43,44)47-2-7-11(33)13(35)19(49-7)31-4-25-9-15(31)26-21(23)28-17(9)37/h4-5,7-8,11-14,19-20,33-36H,2-3,6H2,1H3,(H9-,23,24,26,27,28,29,37,38,39,40,41,42,43,44,45,46)/t7-,8-,11-,12-,13-,14-,19-,20-/m1/s1. The summed E-state index contributed by atoms with van der Waals surface area (Å²) in [5, 5.41) is 54.3. The lowest BCUT2D eigenvalue weighted by molar-refractivity contribution is -0.745. The molecule has 0 saturated carbocycles. The number of phosphoric acid groups is 2. The summed E-state index contributed by atoms with van der Waals surface area (Å²) in [7, 11) is -21.5. The van der Waals surface area contributed by atoms with Crippen LogP contribution in [0.5, 0.6) is 5.88 Å². The van der Waals surface area contributed by atoms with Gasteiger partial charge in [0.25, 0.3) is 11.5 Å². The van der Waals surface area contributed by atoms with Crippen LogP contribution < -0.4 is 26.7 Å². The summed E-state index contributed by atoms with van der Waals surface area (Å²) in [4.78, 5) is 69.7. The van der Waals surface area contributed by atoms with Gasteiger partial charge in [0, 0.05) is 5.88 Å². The van der Waals surface area contributed by atoms with Crippen LogP contribution in [-0.2, 0) is 52.5 Å². The number of aromatic amines is 1. The van der Waals surface area contributed by atoms with E-state index in [-0.39, 0.29) is 28.3 Å². The number of fused-ring (bicyclic) bond motifs is 2. The number of ether oxygens (including phenoxy) is 2. The minimum atomic E-state index is -5.75. The second kappa shape index (κ2) is 15.1. The number of hydrogen-bond donors (Lipinski definition) is 11. The molecular weight excluding hydrogens is 848 g/mol. The van der Waals surface area contributed by atoms with Crippen LogP contribution in [0.15, 0.2) is 17.4 Å². The lowest BCUT2D eigenvalue weighted by atomic mass is 10.1. The molecule has 2 saturated heterocycles. The molecule has 0 amide bonds. The van der Waals surface area contributed by atoms with Gasteiger partial charge in [-0.2, -0.15) is 4.98 Å². The maximum atomic E-state index is 12.6. The molecule has 13 N–H and O–H groups in total. The normalized spacial score (nSPS) is 29.9. The first-order valence-electron chi connectivity index (χ1n) is 15.3. The van der Waals surface area contributed by atoms with E-state index in [9.17, 15) is 68.2 Å². The number of anilines is 2. The molecular formula is C22H32N10O20P4. The van der Waals surface area contributed by atoms with E-state index in [2.05, 4.69) is 42.6 Å². The molecule has 0 radical (unpaired) electrons. The van der Waals surface area contributed by atoms with Crippen molar-refractivity contribution in [3.8, 4) is 5.88 Å². The third kappa shape index (κ3) is 8.73. The number of rotatable bonds is 14. The molecule has 4 aromatic heterocycles.